The molecule has 1 aromatic carbocycles. The number of rotatable bonds is 16. The first-order valence-corrected chi connectivity index (χ1v) is 12.0. The van der Waals surface area contributed by atoms with Crippen LogP contribution in [-0.4, -0.2) is 13.0 Å². The van der Waals surface area contributed by atoms with Gasteiger partial charge < -0.3 is 1.43 Å². The molecule has 0 aliphatic carbocycles. The Bertz CT molecular complexity index is 579. The van der Waals surface area contributed by atoms with Crippen LogP contribution in [0.4, 0.5) is 0 Å². The summed E-state index contributed by atoms with van der Waals surface area (Å²) in [7, 11) is -4.08. The van der Waals surface area contributed by atoms with Crippen molar-refractivity contribution in [1.29, 1.82) is 0 Å². The predicted octanol–water partition coefficient (Wildman–Crippen LogP) is 4.07. The molecule has 0 amide bonds. The summed E-state index contributed by atoms with van der Waals surface area (Å²) < 4.78 is 31.4. The Balaban J connectivity index is 0. The number of unbranched alkanes of at least 4 members (excludes halogenated alkanes) is 13. The third-order valence-electron chi connectivity index (χ3n) is 5.02. The van der Waals surface area contributed by atoms with Crippen molar-refractivity contribution in [1.82, 2.24) is 0 Å². The molecule has 0 bridgehead atoms. The zero-order valence-electron chi connectivity index (χ0n) is 18.6. The van der Waals surface area contributed by atoms with Crippen LogP contribution in [0, 0.1) is 0 Å². The maximum atomic E-state index is 11.1. The molecular formula is C22H39KO3S. The van der Waals surface area contributed by atoms with Gasteiger partial charge in [0, 0.05) is 0 Å². The van der Waals surface area contributed by atoms with Gasteiger partial charge in [0.15, 0.2) is 0 Å². The van der Waals surface area contributed by atoms with Crippen molar-refractivity contribution >= 4 is 10.1 Å². The second-order valence-electron chi connectivity index (χ2n) is 7.47. The SMILES string of the molecule is CCCCCCCCCCCCCCCCc1cccc(S(=O)(=O)O)c1.[H-].[K+]. The van der Waals surface area contributed by atoms with Gasteiger partial charge in [-0.05, 0) is 30.5 Å². The first-order valence-electron chi connectivity index (χ1n) is 10.6. The van der Waals surface area contributed by atoms with Gasteiger partial charge in [0.1, 0.15) is 0 Å². The molecule has 0 saturated heterocycles. The van der Waals surface area contributed by atoms with E-state index in [4.69, 9.17) is 4.55 Å². The maximum Gasteiger partial charge on any atom is 1.00 e. The molecule has 0 aliphatic rings. The molecule has 0 spiro atoms. The standard InChI is InChI=1S/C22H38O3S.K.H/c1-2-3-4-5-6-7-8-9-10-11-12-13-14-15-17-21-18-16-19-22(20-21)26(23,24)25;;/h16,18-20H,2-15,17H2,1H3,(H,23,24,25);;/q;+1;-1. The van der Waals surface area contributed by atoms with Gasteiger partial charge in [-0.3, -0.25) is 4.55 Å². The number of hydrogen-bond acceptors (Lipinski definition) is 2. The Morgan fingerprint density at radius 1 is 0.778 bits per heavy atom. The molecule has 1 N–H and O–H groups in total. The predicted molar refractivity (Wildman–Crippen MR) is 111 cm³/mol. The summed E-state index contributed by atoms with van der Waals surface area (Å²) in [6.45, 7) is 2.27. The van der Waals surface area contributed by atoms with E-state index in [0.29, 0.717) is 0 Å². The minimum atomic E-state index is -4.08. The van der Waals surface area contributed by atoms with Crippen molar-refractivity contribution < 1.29 is 65.8 Å². The minimum absolute atomic E-state index is 0. The second-order valence-corrected chi connectivity index (χ2v) is 8.89. The molecule has 0 aromatic heterocycles. The summed E-state index contributed by atoms with van der Waals surface area (Å²) in [5.74, 6) is 0. The van der Waals surface area contributed by atoms with Gasteiger partial charge in [0.25, 0.3) is 10.1 Å². The van der Waals surface area contributed by atoms with Gasteiger partial charge in [-0.15, -0.1) is 0 Å². The summed E-state index contributed by atoms with van der Waals surface area (Å²) in [6.07, 6.45) is 19.6. The number of benzene rings is 1. The van der Waals surface area contributed by atoms with Crippen molar-refractivity contribution in [3.05, 3.63) is 29.8 Å². The molecule has 0 heterocycles. The number of aryl methyl sites for hydroxylation is 1. The summed E-state index contributed by atoms with van der Waals surface area (Å²) in [6, 6.07) is 6.64. The zero-order chi connectivity index (χ0) is 19.1. The largest absolute Gasteiger partial charge is 1.00 e. The molecule has 0 fully saturated rings. The van der Waals surface area contributed by atoms with Gasteiger partial charge in [0.2, 0.25) is 0 Å². The topological polar surface area (TPSA) is 54.4 Å². The van der Waals surface area contributed by atoms with Crippen molar-refractivity contribution in [2.24, 2.45) is 0 Å². The first-order chi connectivity index (χ1) is 12.5. The fourth-order valence-electron chi connectivity index (χ4n) is 3.39. The van der Waals surface area contributed by atoms with E-state index in [1.54, 1.807) is 12.1 Å². The molecule has 0 aliphatic heterocycles. The summed E-state index contributed by atoms with van der Waals surface area (Å²) in [5, 5.41) is 0. The van der Waals surface area contributed by atoms with Crippen molar-refractivity contribution in [3.8, 4) is 0 Å². The van der Waals surface area contributed by atoms with Gasteiger partial charge in [-0.2, -0.15) is 8.42 Å². The molecule has 1 rings (SSSR count). The molecule has 27 heavy (non-hydrogen) atoms. The van der Waals surface area contributed by atoms with Crippen LogP contribution in [0.2, 0.25) is 0 Å². The van der Waals surface area contributed by atoms with E-state index in [1.807, 2.05) is 6.07 Å². The Morgan fingerprint density at radius 2 is 1.22 bits per heavy atom. The molecule has 3 nitrogen and oxygen atoms in total. The Labute approximate surface area is 211 Å². The van der Waals surface area contributed by atoms with E-state index in [9.17, 15) is 8.42 Å². The Kier molecular flexibility index (Phi) is 18.1. The zero-order valence-corrected chi connectivity index (χ0v) is 21.5. The summed E-state index contributed by atoms with van der Waals surface area (Å²) in [5.41, 5.74) is 0.985. The quantitative estimate of drug-likeness (QED) is 0.248. The summed E-state index contributed by atoms with van der Waals surface area (Å²) in [4.78, 5) is 0.000337. The van der Waals surface area contributed by atoms with E-state index in [1.165, 1.54) is 89.5 Å². The third-order valence-corrected chi connectivity index (χ3v) is 5.86. The normalized spacial score (nSPS) is 11.3. The Morgan fingerprint density at radius 3 is 1.67 bits per heavy atom. The molecule has 1 aromatic rings. The smallest absolute Gasteiger partial charge is 1.00 e. The average molecular weight is 423 g/mol. The van der Waals surface area contributed by atoms with Crippen LogP contribution in [0.25, 0.3) is 0 Å². The molecule has 152 valence electrons. The van der Waals surface area contributed by atoms with E-state index in [2.05, 4.69) is 6.92 Å². The maximum absolute atomic E-state index is 11.1. The fraction of sp³-hybridized carbons (Fsp3) is 0.727. The van der Waals surface area contributed by atoms with E-state index >= 15 is 0 Å². The van der Waals surface area contributed by atoms with Gasteiger partial charge in [-0.25, -0.2) is 0 Å². The van der Waals surface area contributed by atoms with Crippen LogP contribution in [0.1, 0.15) is 104 Å². The molecule has 0 unspecified atom stereocenters. The molecule has 0 atom stereocenters. The van der Waals surface area contributed by atoms with Gasteiger partial charge >= 0.3 is 51.4 Å². The fourth-order valence-corrected chi connectivity index (χ4v) is 3.94. The first kappa shape index (κ1) is 27.8. The third kappa shape index (κ3) is 15.3. The van der Waals surface area contributed by atoms with Crippen molar-refractivity contribution in [3.63, 3.8) is 0 Å². The van der Waals surface area contributed by atoms with Crippen LogP contribution in [0.15, 0.2) is 29.2 Å². The van der Waals surface area contributed by atoms with Crippen LogP contribution < -0.4 is 51.4 Å². The van der Waals surface area contributed by atoms with Crippen LogP contribution in [0.3, 0.4) is 0 Å². The van der Waals surface area contributed by atoms with E-state index < -0.39 is 10.1 Å². The minimum Gasteiger partial charge on any atom is -1.00 e. The molecule has 5 heteroatoms. The Hall–Kier alpha value is 0.766. The van der Waals surface area contributed by atoms with Gasteiger partial charge in [-0.1, -0.05) is 103 Å². The molecule has 0 radical (unpaired) electrons. The van der Waals surface area contributed by atoms with Gasteiger partial charge in [0.05, 0.1) is 4.90 Å². The van der Waals surface area contributed by atoms with Crippen LogP contribution >= 0.6 is 0 Å². The van der Waals surface area contributed by atoms with Crippen LogP contribution in [0.5, 0.6) is 0 Å². The summed E-state index contributed by atoms with van der Waals surface area (Å²) >= 11 is 0. The molecular weight excluding hydrogens is 383 g/mol. The van der Waals surface area contributed by atoms with Crippen molar-refractivity contribution in [2.75, 3.05) is 0 Å². The van der Waals surface area contributed by atoms with E-state index in [-0.39, 0.29) is 57.7 Å². The van der Waals surface area contributed by atoms with Crippen LogP contribution in [-0.2, 0) is 16.5 Å². The average Bonchev–Trinajstić information content (AvgIpc) is 2.61. The van der Waals surface area contributed by atoms with E-state index in [0.717, 1.165) is 18.4 Å². The monoisotopic (exact) mass is 422 g/mol. The second kappa shape index (κ2) is 17.6. The number of hydrogen-bond donors (Lipinski definition) is 1. The molecule has 0 saturated carbocycles. The van der Waals surface area contributed by atoms with Crippen molar-refractivity contribution in [2.45, 2.75) is 108 Å².